The maximum absolute atomic E-state index is 12.2. The summed E-state index contributed by atoms with van der Waals surface area (Å²) in [6.45, 7) is 2.71. The van der Waals surface area contributed by atoms with E-state index in [4.69, 9.17) is 4.74 Å². The third kappa shape index (κ3) is 4.57. The molecule has 2 aromatic rings. The summed E-state index contributed by atoms with van der Waals surface area (Å²) in [5.74, 6) is -0.738. The molecule has 0 fully saturated rings. The van der Waals surface area contributed by atoms with Crippen molar-refractivity contribution in [1.29, 1.82) is 0 Å². The van der Waals surface area contributed by atoms with E-state index < -0.39 is 11.8 Å². The van der Waals surface area contributed by atoms with E-state index in [-0.39, 0.29) is 0 Å². The fourth-order valence-corrected chi connectivity index (χ4v) is 2.13. The topological polar surface area (TPSA) is 58.6 Å². The Balaban J connectivity index is 2.01. The van der Waals surface area contributed by atoms with Crippen LogP contribution >= 0.6 is 0 Å². The Hall–Kier alpha value is -2.82. The highest BCUT2D eigenvalue weighted by molar-refractivity contribution is 6.39. The van der Waals surface area contributed by atoms with Crippen molar-refractivity contribution in [3.8, 4) is 5.75 Å². The normalized spacial score (nSPS) is 10.0. The van der Waals surface area contributed by atoms with Gasteiger partial charge in [0, 0.05) is 13.6 Å². The molecule has 23 heavy (non-hydrogen) atoms. The third-order valence-corrected chi connectivity index (χ3v) is 3.24. The van der Waals surface area contributed by atoms with Crippen LogP contribution in [-0.2, 0) is 16.1 Å². The molecule has 0 spiro atoms. The maximum atomic E-state index is 12.2. The number of carbonyl (C=O) groups is 2. The van der Waals surface area contributed by atoms with Crippen molar-refractivity contribution < 1.29 is 14.3 Å². The standard InChI is InChI=1S/C18H20N2O3/c1-3-23-16-12-8-7-11-15(16)19-17(21)18(22)20(2)13-14-9-5-4-6-10-14/h4-12H,3,13H2,1-2H3,(H,19,21). The van der Waals surface area contributed by atoms with Crippen LogP contribution in [0.4, 0.5) is 5.69 Å². The Morgan fingerprint density at radius 2 is 1.70 bits per heavy atom. The Labute approximate surface area is 135 Å². The highest BCUT2D eigenvalue weighted by atomic mass is 16.5. The molecule has 2 aromatic carbocycles. The van der Waals surface area contributed by atoms with Crippen LogP contribution in [0.5, 0.6) is 5.75 Å². The number of rotatable bonds is 5. The van der Waals surface area contributed by atoms with Crippen LogP contribution in [0, 0.1) is 0 Å². The Morgan fingerprint density at radius 3 is 2.39 bits per heavy atom. The molecule has 0 saturated heterocycles. The third-order valence-electron chi connectivity index (χ3n) is 3.24. The number of likely N-dealkylation sites (N-methyl/N-ethyl adjacent to an activating group) is 1. The molecule has 0 aromatic heterocycles. The van der Waals surface area contributed by atoms with Crippen molar-refractivity contribution in [2.24, 2.45) is 0 Å². The Morgan fingerprint density at radius 1 is 1.04 bits per heavy atom. The predicted molar refractivity (Wildman–Crippen MR) is 89.2 cm³/mol. The number of nitrogens with zero attached hydrogens (tertiary/aromatic N) is 1. The van der Waals surface area contributed by atoms with E-state index in [2.05, 4.69) is 5.32 Å². The quantitative estimate of drug-likeness (QED) is 0.864. The summed E-state index contributed by atoms with van der Waals surface area (Å²) < 4.78 is 5.43. The maximum Gasteiger partial charge on any atom is 0.314 e. The zero-order valence-electron chi connectivity index (χ0n) is 13.3. The lowest BCUT2D eigenvalue weighted by Gasteiger charge is -2.17. The zero-order chi connectivity index (χ0) is 16.7. The van der Waals surface area contributed by atoms with Gasteiger partial charge in [0.15, 0.2) is 0 Å². The summed E-state index contributed by atoms with van der Waals surface area (Å²) in [4.78, 5) is 25.7. The average molecular weight is 312 g/mol. The summed E-state index contributed by atoms with van der Waals surface area (Å²) in [6.07, 6.45) is 0. The largest absolute Gasteiger partial charge is 0.492 e. The van der Waals surface area contributed by atoms with Crippen molar-refractivity contribution in [3.05, 3.63) is 60.2 Å². The van der Waals surface area contributed by atoms with E-state index in [1.807, 2.05) is 43.3 Å². The molecule has 5 heteroatoms. The van der Waals surface area contributed by atoms with Crippen LogP contribution in [-0.4, -0.2) is 30.4 Å². The Bertz CT molecular complexity index is 671. The van der Waals surface area contributed by atoms with E-state index in [9.17, 15) is 9.59 Å². The second-order valence-electron chi connectivity index (χ2n) is 5.03. The van der Waals surface area contributed by atoms with Gasteiger partial charge in [-0.25, -0.2) is 0 Å². The molecule has 0 aliphatic rings. The molecule has 0 atom stereocenters. The number of ether oxygens (including phenoxy) is 1. The van der Waals surface area contributed by atoms with E-state index >= 15 is 0 Å². The second-order valence-corrected chi connectivity index (χ2v) is 5.03. The lowest BCUT2D eigenvalue weighted by atomic mass is 10.2. The summed E-state index contributed by atoms with van der Waals surface area (Å²) >= 11 is 0. The van der Waals surface area contributed by atoms with Crippen molar-refractivity contribution in [2.75, 3.05) is 19.0 Å². The summed E-state index contributed by atoms with van der Waals surface area (Å²) in [7, 11) is 1.60. The van der Waals surface area contributed by atoms with Crippen molar-refractivity contribution in [1.82, 2.24) is 4.90 Å². The van der Waals surface area contributed by atoms with Gasteiger partial charge in [0.05, 0.1) is 12.3 Å². The predicted octanol–water partition coefficient (Wildman–Crippen LogP) is 2.68. The van der Waals surface area contributed by atoms with Crippen LogP contribution in [0.25, 0.3) is 0 Å². The van der Waals surface area contributed by atoms with Gasteiger partial charge >= 0.3 is 11.8 Å². The van der Waals surface area contributed by atoms with Gasteiger partial charge < -0.3 is 15.0 Å². The first-order valence-corrected chi connectivity index (χ1v) is 7.44. The number of carbonyl (C=O) groups excluding carboxylic acids is 2. The molecule has 120 valence electrons. The minimum absolute atomic E-state index is 0.375. The smallest absolute Gasteiger partial charge is 0.314 e. The minimum Gasteiger partial charge on any atom is -0.492 e. The number of nitrogens with one attached hydrogen (secondary N) is 1. The number of para-hydroxylation sites is 2. The number of hydrogen-bond donors (Lipinski definition) is 1. The van der Waals surface area contributed by atoms with Gasteiger partial charge in [0.1, 0.15) is 5.75 Å². The fourth-order valence-electron chi connectivity index (χ4n) is 2.13. The molecule has 0 heterocycles. The number of benzene rings is 2. The zero-order valence-corrected chi connectivity index (χ0v) is 13.3. The van der Waals surface area contributed by atoms with Gasteiger partial charge in [-0.15, -0.1) is 0 Å². The monoisotopic (exact) mass is 312 g/mol. The van der Waals surface area contributed by atoms with Crippen LogP contribution < -0.4 is 10.1 Å². The van der Waals surface area contributed by atoms with Gasteiger partial charge in [-0.2, -0.15) is 0 Å². The molecule has 0 bridgehead atoms. The molecule has 1 N–H and O–H groups in total. The second kappa shape index (κ2) is 7.98. The average Bonchev–Trinajstić information content (AvgIpc) is 2.57. The van der Waals surface area contributed by atoms with Crippen LogP contribution in [0.1, 0.15) is 12.5 Å². The molecule has 0 unspecified atom stereocenters. The van der Waals surface area contributed by atoms with Crippen molar-refractivity contribution >= 4 is 17.5 Å². The molecule has 0 aliphatic heterocycles. The summed E-state index contributed by atoms with van der Waals surface area (Å²) in [5.41, 5.74) is 1.45. The van der Waals surface area contributed by atoms with Crippen LogP contribution in [0.3, 0.4) is 0 Å². The van der Waals surface area contributed by atoms with E-state index in [0.29, 0.717) is 24.6 Å². The van der Waals surface area contributed by atoms with E-state index in [1.165, 1.54) is 4.90 Å². The highest BCUT2D eigenvalue weighted by Crippen LogP contribution is 2.23. The van der Waals surface area contributed by atoms with E-state index in [1.54, 1.807) is 25.2 Å². The molecular formula is C18H20N2O3. The highest BCUT2D eigenvalue weighted by Gasteiger charge is 2.20. The molecule has 5 nitrogen and oxygen atoms in total. The van der Waals surface area contributed by atoms with Crippen LogP contribution in [0.2, 0.25) is 0 Å². The number of amides is 2. The molecule has 0 saturated carbocycles. The summed E-state index contributed by atoms with van der Waals surface area (Å²) in [6, 6.07) is 16.5. The van der Waals surface area contributed by atoms with E-state index in [0.717, 1.165) is 5.56 Å². The first-order chi connectivity index (χ1) is 11.1. The first kappa shape index (κ1) is 16.5. The van der Waals surface area contributed by atoms with Crippen molar-refractivity contribution in [3.63, 3.8) is 0 Å². The lowest BCUT2D eigenvalue weighted by Crippen LogP contribution is -2.36. The van der Waals surface area contributed by atoms with Gasteiger partial charge in [-0.1, -0.05) is 42.5 Å². The van der Waals surface area contributed by atoms with Crippen LogP contribution in [0.15, 0.2) is 54.6 Å². The minimum atomic E-state index is -0.685. The van der Waals surface area contributed by atoms with Crippen molar-refractivity contribution in [2.45, 2.75) is 13.5 Å². The lowest BCUT2D eigenvalue weighted by molar-refractivity contribution is -0.142. The molecular weight excluding hydrogens is 292 g/mol. The molecule has 0 radical (unpaired) electrons. The van der Waals surface area contributed by atoms with Gasteiger partial charge in [0.25, 0.3) is 0 Å². The molecule has 2 amide bonds. The SMILES string of the molecule is CCOc1ccccc1NC(=O)C(=O)N(C)Cc1ccccc1. The molecule has 0 aliphatic carbocycles. The molecule has 2 rings (SSSR count). The fraction of sp³-hybridized carbons (Fsp3) is 0.222. The number of anilines is 1. The first-order valence-electron chi connectivity index (χ1n) is 7.44. The van der Waals surface area contributed by atoms with Gasteiger partial charge in [0.2, 0.25) is 0 Å². The van der Waals surface area contributed by atoms with Gasteiger partial charge in [-0.3, -0.25) is 9.59 Å². The number of hydrogen-bond acceptors (Lipinski definition) is 3. The summed E-state index contributed by atoms with van der Waals surface area (Å²) in [5, 5.41) is 2.61. The van der Waals surface area contributed by atoms with Gasteiger partial charge in [-0.05, 0) is 24.6 Å². The Kier molecular flexibility index (Phi) is 5.74.